The number of hydrogen-bond acceptors (Lipinski definition) is 5. The van der Waals surface area contributed by atoms with E-state index in [1.54, 1.807) is 59.9 Å². The van der Waals surface area contributed by atoms with Gasteiger partial charge in [0.15, 0.2) is 0 Å². The minimum Gasteiger partial charge on any atom is -0.351 e. The summed E-state index contributed by atoms with van der Waals surface area (Å²) in [6.07, 6.45) is 13.8. The molecule has 10 heteroatoms. The first-order valence-corrected chi connectivity index (χ1v) is 16.4. The van der Waals surface area contributed by atoms with Crippen LogP contribution in [0.4, 0.5) is 11.4 Å². The van der Waals surface area contributed by atoms with Gasteiger partial charge in [0.2, 0.25) is 0 Å². The van der Waals surface area contributed by atoms with E-state index in [0.29, 0.717) is 34.9 Å². The number of anilines is 2. The van der Waals surface area contributed by atoms with Gasteiger partial charge in [-0.15, -0.1) is 0 Å². The number of unbranched alkanes of at least 4 members (excludes halogenated alkanes) is 1. The molecule has 1 aliphatic heterocycles. The number of para-hydroxylation sites is 1. The molecule has 4 heterocycles. The summed E-state index contributed by atoms with van der Waals surface area (Å²) < 4.78 is 3.35. The van der Waals surface area contributed by atoms with Crippen LogP contribution in [0.3, 0.4) is 0 Å². The number of fused-ring (bicyclic) bond motifs is 1. The Morgan fingerprint density at radius 3 is 2.12 bits per heavy atom. The van der Waals surface area contributed by atoms with Crippen LogP contribution in [0.1, 0.15) is 68.1 Å². The molecule has 1 saturated heterocycles. The molecule has 0 saturated carbocycles. The van der Waals surface area contributed by atoms with Crippen LogP contribution in [0, 0.1) is 0 Å². The van der Waals surface area contributed by atoms with Gasteiger partial charge in [0.25, 0.3) is 17.7 Å². The average Bonchev–Trinajstić information content (AvgIpc) is 3.84. The van der Waals surface area contributed by atoms with E-state index < -0.39 is 0 Å². The third-order valence-electron chi connectivity index (χ3n) is 8.63. The summed E-state index contributed by atoms with van der Waals surface area (Å²) in [5.74, 6) is -0.805. The zero-order chi connectivity index (χ0) is 33.5. The number of aromatic nitrogens is 3. The van der Waals surface area contributed by atoms with Crippen molar-refractivity contribution in [2.45, 2.75) is 25.7 Å². The Morgan fingerprint density at radius 2 is 1.40 bits per heavy atom. The molecule has 1 fully saturated rings. The molecule has 0 spiro atoms. The number of rotatable bonds is 12. The van der Waals surface area contributed by atoms with Crippen molar-refractivity contribution in [1.82, 2.24) is 24.3 Å². The van der Waals surface area contributed by atoms with Crippen LogP contribution in [0.25, 0.3) is 23.1 Å². The summed E-state index contributed by atoms with van der Waals surface area (Å²) in [5.41, 5.74) is 5.24. The molecule has 3 N–H and O–H groups in total. The van der Waals surface area contributed by atoms with E-state index in [4.69, 9.17) is 0 Å². The zero-order valence-electron chi connectivity index (χ0n) is 27.4. The normalized spacial score (nSPS) is 13.3. The highest BCUT2D eigenvalue weighted by Crippen LogP contribution is 2.20. The van der Waals surface area contributed by atoms with Crippen molar-refractivity contribution < 1.29 is 14.4 Å². The number of nitrogens with one attached hydrogen (secondary N) is 3. The van der Waals surface area contributed by atoms with E-state index in [1.165, 1.54) is 25.9 Å². The van der Waals surface area contributed by atoms with E-state index in [9.17, 15) is 14.4 Å². The summed E-state index contributed by atoms with van der Waals surface area (Å²) in [5, 5.41) is 9.82. The molecule has 0 atom stereocenters. The van der Waals surface area contributed by atoms with E-state index in [2.05, 4.69) is 31.9 Å². The topological polar surface area (TPSA) is 113 Å². The minimum absolute atomic E-state index is 0.172. The predicted octanol–water partition coefficient (Wildman–Crippen LogP) is 6.19. The fourth-order valence-corrected chi connectivity index (χ4v) is 5.99. The molecule has 3 amide bonds. The highest BCUT2D eigenvalue weighted by Gasteiger charge is 2.17. The van der Waals surface area contributed by atoms with Crippen molar-refractivity contribution in [1.29, 1.82) is 0 Å². The van der Waals surface area contributed by atoms with E-state index in [1.807, 2.05) is 54.7 Å². The van der Waals surface area contributed by atoms with Crippen molar-refractivity contribution in [3.8, 4) is 0 Å². The molecule has 0 aliphatic carbocycles. The second-order valence-electron chi connectivity index (χ2n) is 12.3. The molecule has 246 valence electrons. The first-order chi connectivity index (χ1) is 23.3. The quantitative estimate of drug-likeness (QED) is 0.140. The lowest BCUT2D eigenvalue weighted by Crippen LogP contribution is -2.27. The fraction of sp³-hybridized carbons (Fsp3) is 0.263. The molecule has 5 aromatic rings. The van der Waals surface area contributed by atoms with Gasteiger partial charge in [0, 0.05) is 50.2 Å². The number of hydrogen-bond donors (Lipinski definition) is 3. The summed E-state index contributed by atoms with van der Waals surface area (Å²) in [6.45, 7) is 4.06. The second-order valence-corrected chi connectivity index (χ2v) is 12.3. The molecule has 1 aliphatic rings. The molecule has 0 radical (unpaired) electrons. The highest BCUT2D eigenvalue weighted by atomic mass is 16.2. The summed E-state index contributed by atoms with van der Waals surface area (Å²) in [6, 6.07) is 20.7. The predicted molar refractivity (Wildman–Crippen MR) is 191 cm³/mol. The van der Waals surface area contributed by atoms with Gasteiger partial charge < -0.3 is 30.0 Å². The number of pyridine rings is 1. The highest BCUT2D eigenvalue weighted by molar-refractivity contribution is 6.07. The fourth-order valence-electron chi connectivity index (χ4n) is 5.99. The molecule has 3 aromatic heterocycles. The van der Waals surface area contributed by atoms with Gasteiger partial charge in [-0.2, -0.15) is 0 Å². The molecular weight excluding hydrogens is 602 g/mol. The smallest absolute Gasteiger partial charge is 0.272 e. The van der Waals surface area contributed by atoms with Crippen molar-refractivity contribution >= 4 is 52.2 Å². The van der Waals surface area contributed by atoms with Crippen LogP contribution in [-0.4, -0.2) is 62.9 Å². The lowest BCUT2D eigenvalue weighted by atomic mass is 10.1. The molecule has 6 rings (SSSR count). The van der Waals surface area contributed by atoms with Gasteiger partial charge in [0.05, 0.1) is 16.9 Å². The number of aryl methyl sites for hydroxylation is 2. The number of nitrogens with zero attached hydrogens (tertiary/aromatic N) is 4. The van der Waals surface area contributed by atoms with E-state index in [-0.39, 0.29) is 17.7 Å². The minimum atomic E-state index is -0.352. The van der Waals surface area contributed by atoms with Crippen molar-refractivity contribution in [3.05, 3.63) is 113 Å². The maximum Gasteiger partial charge on any atom is 0.272 e. The zero-order valence-corrected chi connectivity index (χ0v) is 27.4. The number of benzene rings is 2. The van der Waals surface area contributed by atoms with Crippen molar-refractivity contribution in [2.75, 3.05) is 36.8 Å². The Hall–Kier alpha value is -5.48. The number of likely N-dealkylation sites (tertiary alicyclic amines) is 1. The number of carbonyl (C=O) groups is 3. The van der Waals surface area contributed by atoms with Gasteiger partial charge >= 0.3 is 0 Å². The molecule has 0 bridgehead atoms. The molecular formula is C38H41N7O3. The largest absolute Gasteiger partial charge is 0.351 e. The molecule has 0 unspecified atom stereocenters. The average molecular weight is 644 g/mol. The van der Waals surface area contributed by atoms with Crippen LogP contribution in [-0.2, 0) is 14.1 Å². The second kappa shape index (κ2) is 15.0. The number of amides is 3. The van der Waals surface area contributed by atoms with Gasteiger partial charge in [-0.3, -0.25) is 19.4 Å². The van der Waals surface area contributed by atoms with Gasteiger partial charge in [-0.05, 0) is 92.8 Å². The maximum absolute atomic E-state index is 13.1. The van der Waals surface area contributed by atoms with Crippen LogP contribution in [0.2, 0.25) is 0 Å². The Balaban J connectivity index is 0.998. The van der Waals surface area contributed by atoms with E-state index in [0.717, 1.165) is 41.4 Å². The third-order valence-corrected chi connectivity index (χ3v) is 8.63. The molecule has 2 aromatic carbocycles. The molecule has 48 heavy (non-hydrogen) atoms. The standard InChI is InChI=1S/C38H41N7O3/c1-43-26-32(22-34(43)37(47)39-17-5-6-18-45-19-7-8-20-45)42-38(48)35-23-31(25-44(35)2)41-36(46)29-15-13-27(14-16-29)11-12-28-21-30-9-3-4-10-33(30)40-24-28/h3-4,9-16,21-26H,5-8,17-20H2,1-2H3,(H,39,47)(H,41,46)(H,42,48)/b12-11+. The third kappa shape index (κ3) is 8.08. The Labute approximate surface area is 280 Å². The lowest BCUT2D eigenvalue weighted by molar-refractivity contribution is 0.0942. The van der Waals surface area contributed by atoms with Crippen molar-refractivity contribution in [2.24, 2.45) is 14.1 Å². The maximum atomic E-state index is 13.1. The Morgan fingerprint density at radius 1 is 0.750 bits per heavy atom. The van der Waals surface area contributed by atoms with E-state index >= 15 is 0 Å². The van der Waals surface area contributed by atoms with Crippen LogP contribution in [0.15, 0.2) is 85.3 Å². The van der Waals surface area contributed by atoms with Gasteiger partial charge in [-0.25, -0.2) is 0 Å². The van der Waals surface area contributed by atoms with Gasteiger partial charge in [0.1, 0.15) is 11.4 Å². The Kier molecular flexibility index (Phi) is 10.1. The molecule has 10 nitrogen and oxygen atoms in total. The van der Waals surface area contributed by atoms with Crippen LogP contribution < -0.4 is 16.0 Å². The van der Waals surface area contributed by atoms with Crippen molar-refractivity contribution in [3.63, 3.8) is 0 Å². The van der Waals surface area contributed by atoms with Crippen LogP contribution in [0.5, 0.6) is 0 Å². The summed E-state index contributed by atoms with van der Waals surface area (Å²) >= 11 is 0. The van der Waals surface area contributed by atoms with Crippen LogP contribution >= 0.6 is 0 Å². The SMILES string of the molecule is Cn1cc(NC(=O)c2cc(NC(=O)c3ccc(/C=C/c4cnc5ccccc5c4)cc3)cn2C)cc1C(=O)NCCCCN1CCCC1. The number of carbonyl (C=O) groups excluding carboxylic acids is 3. The first kappa shape index (κ1) is 32.5. The summed E-state index contributed by atoms with van der Waals surface area (Å²) in [4.78, 5) is 45.9. The lowest BCUT2D eigenvalue weighted by Gasteiger charge is -2.14. The Bertz CT molecular complexity index is 1950. The first-order valence-electron chi connectivity index (χ1n) is 16.4. The van der Waals surface area contributed by atoms with Gasteiger partial charge in [-0.1, -0.05) is 42.5 Å². The summed E-state index contributed by atoms with van der Waals surface area (Å²) in [7, 11) is 3.52. The monoisotopic (exact) mass is 643 g/mol.